The summed E-state index contributed by atoms with van der Waals surface area (Å²) in [7, 11) is -2.42. The lowest BCUT2D eigenvalue weighted by atomic mass is 10.2. The Bertz CT molecular complexity index is 266. The first-order chi connectivity index (χ1) is 5.62. The van der Waals surface area contributed by atoms with Crippen molar-refractivity contribution < 1.29 is 13.7 Å². The molecule has 70 valence electrons. The number of rotatable bonds is 0. The Morgan fingerprint density at radius 2 is 2.00 bits per heavy atom. The van der Waals surface area contributed by atoms with Gasteiger partial charge in [0.05, 0.1) is 19.0 Å². The second kappa shape index (κ2) is 2.68. The Hall–Kier alpha value is -0.130. The first kappa shape index (κ1) is 8.47. The average Bonchev–Trinajstić information content (AvgIpc) is 2.34. The molecule has 0 aromatic carbocycles. The molecule has 1 N–H and O–H groups in total. The van der Waals surface area contributed by atoms with Crippen LogP contribution < -0.4 is 0 Å². The molecule has 1 unspecified atom stereocenters. The second-order valence-corrected chi connectivity index (χ2v) is 5.69. The number of hydrogen-bond acceptors (Lipinski definition) is 4. The van der Waals surface area contributed by atoms with Gasteiger partial charge in [-0.25, -0.2) is 4.21 Å². The highest BCUT2D eigenvalue weighted by Gasteiger charge is 2.42. The highest BCUT2D eigenvalue weighted by molar-refractivity contribution is 7.92. The normalized spacial score (nSPS) is 40.3. The van der Waals surface area contributed by atoms with Crippen molar-refractivity contribution in [2.75, 3.05) is 24.7 Å². The van der Waals surface area contributed by atoms with E-state index in [1.807, 2.05) is 0 Å². The van der Waals surface area contributed by atoms with Crippen molar-refractivity contribution in [3.8, 4) is 0 Å². The third-order valence-corrected chi connectivity index (χ3v) is 4.15. The molecule has 2 aliphatic heterocycles. The van der Waals surface area contributed by atoms with Crippen LogP contribution in [0.3, 0.4) is 0 Å². The van der Waals surface area contributed by atoms with E-state index in [2.05, 4.69) is 0 Å². The van der Waals surface area contributed by atoms with Crippen LogP contribution in [0, 0.1) is 4.78 Å². The summed E-state index contributed by atoms with van der Waals surface area (Å²) in [5, 5.41) is 0. The zero-order valence-corrected chi connectivity index (χ0v) is 7.69. The van der Waals surface area contributed by atoms with Gasteiger partial charge in [-0.3, -0.25) is 4.78 Å². The summed E-state index contributed by atoms with van der Waals surface area (Å²) in [6.07, 6.45) is 1.57. The van der Waals surface area contributed by atoms with Crippen molar-refractivity contribution in [1.82, 2.24) is 0 Å². The van der Waals surface area contributed by atoms with Crippen LogP contribution in [0.25, 0.3) is 0 Å². The minimum Gasteiger partial charge on any atom is -0.347 e. The van der Waals surface area contributed by atoms with Gasteiger partial charge in [-0.15, -0.1) is 0 Å². The van der Waals surface area contributed by atoms with E-state index in [0.29, 0.717) is 19.0 Å². The van der Waals surface area contributed by atoms with Crippen LogP contribution >= 0.6 is 0 Å². The SMILES string of the molecule is N=S1(=O)CCCC2(C1)OCCO2. The number of hydrogen-bond donors (Lipinski definition) is 1. The first-order valence-corrected chi connectivity index (χ1v) is 6.04. The third-order valence-electron chi connectivity index (χ3n) is 2.30. The Morgan fingerprint density at radius 3 is 2.58 bits per heavy atom. The van der Waals surface area contributed by atoms with Crippen molar-refractivity contribution in [2.45, 2.75) is 18.6 Å². The fraction of sp³-hybridized carbons (Fsp3) is 1.00. The maximum absolute atomic E-state index is 11.5. The van der Waals surface area contributed by atoms with Gasteiger partial charge in [-0.05, 0) is 6.42 Å². The Morgan fingerprint density at radius 1 is 1.33 bits per heavy atom. The van der Waals surface area contributed by atoms with Gasteiger partial charge in [0.15, 0.2) is 5.79 Å². The minimum atomic E-state index is -2.42. The second-order valence-electron chi connectivity index (χ2n) is 3.37. The standard InChI is InChI=1S/C7H13NO3S/c8-12(9)5-1-2-7(6-12)10-3-4-11-7/h8H,1-6H2. The smallest absolute Gasteiger partial charge is 0.180 e. The van der Waals surface area contributed by atoms with E-state index in [0.717, 1.165) is 12.8 Å². The van der Waals surface area contributed by atoms with Crippen LogP contribution in [-0.4, -0.2) is 34.7 Å². The molecule has 0 bridgehead atoms. The lowest BCUT2D eigenvalue weighted by Crippen LogP contribution is -2.42. The van der Waals surface area contributed by atoms with Crippen molar-refractivity contribution in [3.63, 3.8) is 0 Å². The highest BCUT2D eigenvalue weighted by atomic mass is 32.2. The fourth-order valence-corrected chi connectivity index (χ4v) is 3.58. The van der Waals surface area contributed by atoms with Crippen LogP contribution in [0.5, 0.6) is 0 Å². The average molecular weight is 191 g/mol. The molecule has 0 radical (unpaired) electrons. The predicted octanol–water partition coefficient (Wildman–Crippen LogP) is 0.570. The number of nitrogens with one attached hydrogen (secondary N) is 1. The monoisotopic (exact) mass is 191 g/mol. The Kier molecular flexibility index (Phi) is 1.89. The summed E-state index contributed by atoms with van der Waals surface area (Å²) in [4.78, 5) is 0. The van der Waals surface area contributed by atoms with Crippen LogP contribution in [-0.2, 0) is 19.2 Å². The van der Waals surface area contributed by atoms with Gasteiger partial charge in [0, 0.05) is 21.9 Å². The summed E-state index contributed by atoms with van der Waals surface area (Å²) in [5.41, 5.74) is 0. The summed E-state index contributed by atoms with van der Waals surface area (Å²) in [6, 6.07) is 0. The van der Waals surface area contributed by atoms with Gasteiger partial charge < -0.3 is 9.47 Å². The van der Waals surface area contributed by atoms with E-state index in [-0.39, 0.29) is 5.75 Å². The van der Waals surface area contributed by atoms with Crippen LogP contribution in [0.15, 0.2) is 0 Å². The molecular formula is C7H13NO3S. The highest BCUT2D eigenvalue weighted by Crippen LogP contribution is 2.31. The maximum atomic E-state index is 11.5. The molecule has 1 spiro atoms. The van der Waals surface area contributed by atoms with Crippen LogP contribution in [0.2, 0.25) is 0 Å². The molecule has 1 atom stereocenters. The molecule has 12 heavy (non-hydrogen) atoms. The molecule has 0 aliphatic carbocycles. The third kappa shape index (κ3) is 1.48. The van der Waals surface area contributed by atoms with Gasteiger partial charge >= 0.3 is 0 Å². The van der Waals surface area contributed by atoms with E-state index >= 15 is 0 Å². The van der Waals surface area contributed by atoms with E-state index in [1.54, 1.807) is 0 Å². The molecule has 2 fully saturated rings. The summed E-state index contributed by atoms with van der Waals surface area (Å²) in [5.74, 6) is 0.110. The Labute approximate surface area is 72.2 Å². The zero-order valence-electron chi connectivity index (χ0n) is 6.88. The van der Waals surface area contributed by atoms with E-state index in [4.69, 9.17) is 14.3 Å². The van der Waals surface area contributed by atoms with Crippen molar-refractivity contribution in [3.05, 3.63) is 0 Å². The maximum Gasteiger partial charge on any atom is 0.180 e. The first-order valence-electron chi connectivity index (χ1n) is 4.14. The van der Waals surface area contributed by atoms with Gasteiger partial charge in [0.1, 0.15) is 0 Å². The topological polar surface area (TPSA) is 59.4 Å². The van der Waals surface area contributed by atoms with Gasteiger partial charge in [0.2, 0.25) is 0 Å². The minimum absolute atomic E-state index is 0.264. The fourth-order valence-electron chi connectivity index (χ4n) is 1.80. The van der Waals surface area contributed by atoms with E-state index in [1.165, 1.54) is 0 Å². The van der Waals surface area contributed by atoms with Gasteiger partial charge in [0.25, 0.3) is 0 Å². The molecule has 2 heterocycles. The molecule has 5 heteroatoms. The zero-order chi connectivity index (χ0) is 8.66. The largest absolute Gasteiger partial charge is 0.347 e. The van der Waals surface area contributed by atoms with Crippen molar-refractivity contribution >= 4 is 9.73 Å². The number of ether oxygens (including phenoxy) is 2. The molecule has 0 amide bonds. The molecule has 0 aromatic rings. The molecule has 4 nitrogen and oxygen atoms in total. The lowest BCUT2D eigenvalue weighted by Gasteiger charge is -2.32. The summed E-state index contributed by atoms with van der Waals surface area (Å²) in [6.45, 7) is 1.16. The lowest BCUT2D eigenvalue weighted by molar-refractivity contribution is -0.145. The predicted molar refractivity (Wildman–Crippen MR) is 44.5 cm³/mol. The van der Waals surface area contributed by atoms with Crippen molar-refractivity contribution in [2.24, 2.45) is 0 Å². The molecule has 0 saturated carbocycles. The molecule has 2 rings (SSSR count). The quantitative estimate of drug-likeness (QED) is 0.609. The van der Waals surface area contributed by atoms with E-state index < -0.39 is 15.5 Å². The van der Waals surface area contributed by atoms with Crippen LogP contribution in [0.4, 0.5) is 0 Å². The molecule has 2 aliphatic rings. The van der Waals surface area contributed by atoms with Crippen molar-refractivity contribution in [1.29, 1.82) is 4.78 Å². The van der Waals surface area contributed by atoms with Gasteiger partial charge in [-0.2, -0.15) is 0 Å². The molecule has 0 aromatic heterocycles. The summed E-state index contributed by atoms with van der Waals surface area (Å²) >= 11 is 0. The molecule has 2 saturated heterocycles. The van der Waals surface area contributed by atoms with Crippen LogP contribution in [0.1, 0.15) is 12.8 Å². The Balaban J connectivity index is 2.17. The van der Waals surface area contributed by atoms with E-state index in [9.17, 15) is 4.21 Å². The molecular weight excluding hydrogens is 178 g/mol. The van der Waals surface area contributed by atoms with Gasteiger partial charge in [-0.1, -0.05) is 0 Å². The summed E-state index contributed by atoms with van der Waals surface area (Å²) < 4.78 is 29.7.